The Kier molecular flexibility index (Phi) is 3.10. The van der Waals surface area contributed by atoms with Crippen LogP contribution in [-0.4, -0.2) is 60.8 Å². The van der Waals surface area contributed by atoms with Gasteiger partial charge in [-0.15, -0.1) is 10.2 Å². The number of fused-ring (bicyclic) bond motifs is 1. The normalized spacial score (nSPS) is 25.5. The Labute approximate surface area is 112 Å². The number of nitrogens with one attached hydrogen (secondary N) is 1. The Morgan fingerprint density at radius 3 is 2.89 bits per heavy atom. The van der Waals surface area contributed by atoms with Crippen molar-refractivity contribution in [1.82, 2.24) is 20.4 Å². The average molecular weight is 261 g/mol. The van der Waals surface area contributed by atoms with Gasteiger partial charge in [-0.25, -0.2) is 0 Å². The number of nitrogens with zero attached hydrogens (tertiary/aromatic N) is 4. The van der Waals surface area contributed by atoms with Crippen LogP contribution in [0, 0.1) is 5.92 Å². The molecular weight excluding hydrogens is 242 g/mol. The lowest BCUT2D eigenvalue weighted by Gasteiger charge is -2.23. The van der Waals surface area contributed by atoms with E-state index >= 15 is 0 Å². The fraction of sp³-hybridized carbons (Fsp3) is 0.615. The molecule has 0 radical (unpaired) electrons. The molecule has 0 unspecified atom stereocenters. The van der Waals surface area contributed by atoms with Gasteiger partial charge in [-0.3, -0.25) is 4.79 Å². The van der Waals surface area contributed by atoms with Crippen molar-refractivity contribution in [3.63, 3.8) is 0 Å². The van der Waals surface area contributed by atoms with E-state index < -0.39 is 0 Å². The maximum atomic E-state index is 11.8. The van der Waals surface area contributed by atoms with Crippen LogP contribution in [0.15, 0.2) is 12.1 Å². The number of aromatic nitrogens is 2. The van der Waals surface area contributed by atoms with Crippen LogP contribution in [0.4, 0.5) is 5.82 Å². The first-order valence-electron chi connectivity index (χ1n) is 6.69. The minimum absolute atomic E-state index is 0.110. The van der Waals surface area contributed by atoms with Gasteiger partial charge in [0, 0.05) is 39.8 Å². The lowest BCUT2D eigenvalue weighted by molar-refractivity contribution is 0.0821. The number of carbonyl (C=O) groups excluding carboxylic acids is 1. The molecule has 2 aliphatic rings. The third-order valence-electron chi connectivity index (χ3n) is 4.02. The fourth-order valence-electron chi connectivity index (χ4n) is 2.96. The number of anilines is 1. The summed E-state index contributed by atoms with van der Waals surface area (Å²) in [5.74, 6) is 1.50. The van der Waals surface area contributed by atoms with Crippen molar-refractivity contribution in [3.8, 4) is 0 Å². The lowest BCUT2D eigenvalue weighted by atomic mass is 10.1. The second-order valence-electron chi connectivity index (χ2n) is 5.44. The molecule has 0 aromatic carbocycles. The Bertz CT molecular complexity index is 472. The van der Waals surface area contributed by atoms with Gasteiger partial charge in [0.25, 0.3) is 5.91 Å². The van der Waals surface area contributed by atoms with Crippen LogP contribution < -0.4 is 10.2 Å². The Morgan fingerprint density at radius 1 is 1.37 bits per heavy atom. The van der Waals surface area contributed by atoms with E-state index in [4.69, 9.17) is 0 Å². The van der Waals surface area contributed by atoms with Crippen LogP contribution >= 0.6 is 0 Å². The van der Waals surface area contributed by atoms with E-state index in [0.29, 0.717) is 11.7 Å². The maximum absolute atomic E-state index is 11.8. The summed E-state index contributed by atoms with van der Waals surface area (Å²) in [4.78, 5) is 15.6. The van der Waals surface area contributed by atoms with Crippen molar-refractivity contribution in [3.05, 3.63) is 17.8 Å². The zero-order chi connectivity index (χ0) is 13.4. The lowest BCUT2D eigenvalue weighted by Crippen LogP contribution is -2.35. The maximum Gasteiger partial charge on any atom is 0.273 e. The molecule has 6 nitrogen and oxygen atoms in total. The molecule has 6 heteroatoms. The molecule has 1 aromatic rings. The Morgan fingerprint density at radius 2 is 2.21 bits per heavy atom. The minimum atomic E-state index is -0.110. The van der Waals surface area contributed by atoms with Crippen molar-refractivity contribution < 1.29 is 4.79 Å². The van der Waals surface area contributed by atoms with E-state index in [0.717, 1.165) is 31.4 Å². The first-order valence-corrected chi connectivity index (χ1v) is 6.69. The van der Waals surface area contributed by atoms with E-state index in [1.807, 2.05) is 6.07 Å². The number of rotatable bonds is 2. The molecule has 1 aromatic heterocycles. The number of carbonyl (C=O) groups is 1. The van der Waals surface area contributed by atoms with Crippen LogP contribution in [0.3, 0.4) is 0 Å². The second-order valence-corrected chi connectivity index (χ2v) is 5.44. The first kappa shape index (κ1) is 12.3. The Hall–Kier alpha value is -1.69. The second kappa shape index (κ2) is 4.77. The summed E-state index contributed by atoms with van der Waals surface area (Å²) in [6.07, 6.45) is 1.21. The number of hydrogen-bond donors (Lipinski definition) is 1. The molecule has 0 bridgehead atoms. The highest BCUT2D eigenvalue weighted by Gasteiger charge is 2.38. The van der Waals surface area contributed by atoms with E-state index in [9.17, 15) is 4.79 Å². The molecule has 19 heavy (non-hydrogen) atoms. The van der Waals surface area contributed by atoms with E-state index in [1.165, 1.54) is 11.3 Å². The van der Waals surface area contributed by atoms with Gasteiger partial charge < -0.3 is 15.1 Å². The SMILES string of the molecule is CN(C)C(=O)c1ccc(N2CC[C@H]3CNC[C@H]32)nn1. The zero-order valence-corrected chi connectivity index (χ0v) is 11.3. The molecule has 1 amide bonds. The summed E-state index contributed by atoms with van der Waals surface area (Å²) in [5.41, 5.74) is 0.397. The van der Waals surface area contributed by atoms with Crippen molar-refractivity contribution >= 4 is 11.7 Å². The predicted molar refractivity (Wildman–Crippen MR) is 72.2 cm³/mol. The predicted octanol–water partition coefficient (Wildman–Crippen LogP) is -0.0235. The molecule has 0 aliphatic carbocycles. The standard InChI is InChI=1S/C13H19N5O/c1-17(2)13(19)10-3-4-12(16-15-10)18-6-5-9-7-14-8-11(9)18/h3-4,9,11,14H,5-8H2,1-2H3/t9-,11+/m0/s1. The minimum Gasteiger partial charge on any atom is -0.351 e. The van der Waals surface area contributed by atoms with Gasteiger partial charge >= 0.3 is 0 Å². The first-order chi connectivity index (χ1) is 9.16. The highest BCUT2D eigenvalue weighted by molar-refractivity contribution is 5.91. The molecular formula is C13H19N5O. The summed E-state index contributed by atoms with van der Waals surface area (Å²) < 4.78 is 0. The monoisotopic (exact) mass is 261 g/mol. The summed E-state index contributed by atoms with van der Waals surface area (Å²) >= 11 is 0. The molecule has 2 saturated heterocycles. The largest absolute Gasteiger partial charge is 0.351 e. The van der Waals surface area contributed by atoms with Gasteiger partial charge in [-0.1, -0.05) is 0 Å². The van der Waals surface area contributed by atoms with Crippen molar-refractivity contribution in [2.45, 2.75) is 12.5 Å². The van der Waals surface area contributed by atoms with Gasteiger partial charge in [0.15, 0.2) is 11.5 Å². The summed E-state index contributed by atoms with van der Waals surface area (Å²) in [5, 5.41) is 11.7. The number of amides is 1. The van der Waals surface area contributed by atoms with Crippen LogP contribution in [0.1, 0.15) is 16.9 Å². The molecule has 2 atom stereocenters. The van der Waals surface area contributed by atoms with Gasteiger partial charge in [0.2, 0.25) is 0 Å². The fourth-order valence-corrected chi connectivity index (χ4v) is 2.96. The van der Waals surface area contributed by atoms with Gasteiger partial charge in [0.05, 0.1) is 0 Å². The van der Waals surface area contributed by atoms with Crippen LogP contribution in [-0.2, 0) is 0 Å². The number of hydrogen-bond acceptors (Lipinski definition) is 5. The zero-order valence-electron chi connectivity index (χ0n) is 11.3. The topological polar surface area (TPSA) is 61.4 Å². The van der Waals surface area contributed by atoms with Crippen molar-refractivity contribution in [2.75, 3.05) is 38.6 Å². The molecule has 2 fully saturated rings. The van der Waals surface area contributed by atoms with E-state index in [2.05, 4.69) is 20.4 Å². The average Bonchev–Trinajstić information content (AvgIpc) is 3.00. The molecule has 3 heterocycles. The van der Waals surface area contributed by atoms with E-state index in [-0.39, 0.29) is 5.91 Å². The van der Waals surface area contributed by atoms with Crippen LogP contribution in [0.25, 0.3) is 0 Å². The molecule has 1 N–H and O–H groups in total. The summed E-state index contributed by atoms with van der Waals surface area (Å²) in [7, 11) is 3.43. The van der Waals surface area contributed by atoms with Gasteiger partial charge in [-0.05, 0) is 24.5 Å². The molecule has 0 spiro atoms. The highest BCUT2D eigenvalue weighted by Crippen LogP contribution is 2.30. The van der Waals surface area contributed by atoms with Gasteiger partial charge in [-0.2, -0.15) is 0 Å². The third-order valence-corrected chi connectivity index (χ3v) is 4.02. The van der Waals surface area contributed by atoms with E-state index in [1.54, 1.807) is 20.2 Å². The molecule has 102 valence electrons. The quantitative estimate of drug-likeness (QED) is 0.810. The van der Waals surface area contributed by atoms with Crippen LogP contribution in [0.2, 0.25) is 0 Å². The molecule has 0 saturated carbocycles. The summed E-state index contributed by atoms with van der Waals surface area (Å²) in [6, 6.07) is 4.20. The van der Waals surface area contributed by atoms with Crippen molar-refractivity contribution in [2.24, 2.45) is 5.92 Å². The highest BCUT2D eigenvalue weighted by atomic mass is 16.2. The third kappa shape index (κ3) is 2.16. The van der Waals surface area contributed by atoms with Gasteiger partial charge in [0.1, 0.15) is 0 Å². The van der Waals surface area contributed by atoms with Crippen molar-refractivity contribution in [1.29, 1.82) is 0 Å². The Balaban J connectivity index is 1.77. The molecule has 2 aliphatic heterocycles. The van der Waals surface area contributed by atoms with Crippen LogP contribution in [0.5, 0.6) is 0 Å². The molecule has 3 rings (SSSR count). The smallest absolute Gasteiger partial charge is 0.273 e. The summed E-state index contributed by atoms with van der Waals surface area (Å²) in [6.45, 7) is 3.16.